The molecule has 0 spiro atoms. The normalized spacial score (nSPS) is 15.2. The van der Waals surface area contributed by atoms with Gasteiger partial charge in [-0.15, -0.1) is 0 Å². The minimum atomic E-state index is 0.840. The van der Waals surface area contributed by atoms with Crippen LogP contribution in [-0.2, 0) is 6.54 Å². The Hall–Kier alpha value is -0.130. The van der Waals surface area contributed by atoms with E-state index in [2.05, 4.69) is 58.3 Å². The van der Waals surface area contributed by atoms with E-state index in [1.54, 1.807) is 0 Å². The molecule has 1 aliphatic carbocycles. The molecule has 2 N–H and O–H groups in total. The maximum atomic E-state index is 3.53. The largest absolute Gasteiger partial charge is 0.314 e. The molecule has 1 aromatic carbocycles. The minimum Gasteiger partial charge on any atom is -0.314 e. The van der Waals surface area contributed by atoms with Crippen molar-refractivity contribution >= 4 is 22.6 Å². The minimum absolute atomic E-state index is 0.840. The molecule has 1 fully saturated rings. The number of benzene rings is 1. The summed E-state index contributed by atoms with van der Waals surface area (Å²) < 4.78 is 1.40. The van der Waals surface area contributed by atoms with Gasteiger partial charge < -0.3 is 10.6 Å². The Morgan fingerprint density at radius 2 is 2.12 bits per heavy atom. The van der Waals surface area contributed by atoms with Crippen LogP contribution in [0.15, 0.2) is 18.2 Å². The zero-order valence-electron chi connectivity index (χ0n) is 10.4. The van der Waals surface area contributed by atoms with Crippen LogP contribution < -0.4 is 10.6 Å². The Morgan fingerprint density at radius 1 is 1.29 bits per heavy atom. The molecule has 1 aliphatic rings. The highest BCUT2D eigenvalue weighted by atomic mass is 127. The Morgan fingerprint density at radius 3 is 2.88 bits per heavy atom. The van der Waals surface area contributed by atoms with Crippen molar-refractivity contribution in [2.24, 2.45) is 0 Å². The number of nitrogens with one attached hydrogen (secondary N) is 2. The molecule has 0 aliphatic heterocycles. The lowest BCUT2D eigenvalue weighted by atomic mass is 10.1. The lowest BCUT2D eigenvalue weighted by Gasteiger charge is -2.09. The molecule has 0 atom stereocenters. The van der Waals surface area contributed by atoms with Crippen LogP contribution in [-0.4, -0.2) is 19.1 Å². The van der Waals surface area contributed by atoms with Gasteiger partial charge in [-0.1, -0.05) is 18.2 Å². The third-order valence-electron chi connectivity index (χ3n) is 3.13. The van der Waals surface area contributed by atoms with Crippen molar-refractivity contribution in [3.8, 4) is 0 Å². The number of rotatable bonds is 7. The second-order valence-corrected chi connectivity index (χ2v) is 5.89. The third kappa shape index (κ3) is 4.56. The molecule has 0 heterocycles. The monoisotopic (exact) mass is 344 g/mol. The molecular formula is C14H21IN2. The van der Waals surface area contributed by atoms with E-state index in [0.717, 1.165) is 25.7 Å². The van der Waals surface area contributed by atoms with Crippen LogP contribution in [0.3, 0.4) is 0 Å². The first kappa shape index (κ1) is 13.3. The van der Waals surface area contributed by atoms with Gasteiger partial charge in [-0.3, -0.25) is 0 Å². The van der Waals surface area contributed by atoms with E-state index < -0.39 is 0 Å². The standard InChI is InChI=1S/C14H21IN2/c1-11-4-2-5-12(14(11)15)10-16-8-3-9-17-13-6-7-13/h2,4-5,13,16-17H,3,6-10H2,1H3. The summed E-state index contributed by atoms with van der Waals surface area (Å²) in [6.45, 7) is 5.42. The third-order valence-corrected chi connectivity index (χ3v) is 4.67. The van der Waals surface area contributed by atoms with Gasteiger partial charge in [-0.05, 0) is 73.0 Å². The average molecular weight is 344 g/mol. The smallest absolute Gasteiger partial charge is 0.0216 e. The van der Waals surface area contributed by atoms with Gasteiger partial charge in [-0.2, -0.15) is 0 Å². The molecule has 0 amide bonds. The molecular weight excluding hydrogens is 323 g/mol. The summed E-state index contributed by atoms with van der Waals surface area (Å²) in [4.78, 5) is 0. The van der Waals surface area contributed by atoms with Crippen LogP contribution in [0.1, 0.15) is 30.4 Å². The van der Waals surface area contributed by atoms with Crippen LogP contribution in [0.25, 0.3) is 0 Å². The average Bonchev–Trinajstić information content (AvgIpc) is 3.12. The summed E-state index contributed by atoms with van der Waals surface area (Å²) >= 11 is 2.44. The van der Waals surface area contributed by atoms with Crippen LogP contribution in [0, 0.1) is 10.5 Å². The molecule has 0 aromatic heterocycles. The molecule has 0 unspecified atom stereocenters. The van der Waals surface area contributed by atoms with Crippen molar-refractivity contribution < 1.29 is 0 Å². The van der Waals surface area contributed by atoms with Crippen molar-refractivity contribution in [2.45, 2.75) is 38.8 Å². The first-order chi connectivity index (χ1) is 8.27. The van der Waals surface area contributed by atoms with Crippen LogP contribution in [0.2, 0.25) is 0 Å². The first-order valence-corrected chi connectivity index (χ1v) is 7.53. The van der Waals surface area contributed by atoms with Gasteiger partial charge in [0.2, 0.25) is 0 Å². The fraction of sp³-hybridized carbons (Fsp3) is 0.571. The topological polar surface area (TPSA) is 24.1 Å². The van der Waals surface area contributed by atoms with Crippen molar-refractivity contribution in [3.63, 3.8) is 0 Å². The van der Waals surface area contributed by atoms with Crippen LogP contribution in [0.5, 0.6) is 0 Å². The van der Waals surface area contributed by atoms with E-state index in [-0.39, 0.29) is 0 Å². The van der Waals surface area contributed by atoms with Crippen LogP contribution >= 0.6 is 22.6 Å². The van der Waals surface area contributed by atoms with Crippen molar-refractivity contribution in [1.29, 1.82) is 0 Å². The highest BCUT2D eigenvalue weighted by molar-refractivity contribution is 14.1. The van der Waals surface area contributed by atoms with Crippen molar-refractivity contribution in [2.75, 3.05) is 13.1 Å². The Labute approximate surface area is 118 Å². The summed E-state index contributed by atoms with van der Waals surface area (Å²) in [5, 5.41) is 7.05. The lowest BCUT2D eigenvalue weighted by molar-refractivity contribution is 0.592. The molecule has 3 heteroatoms. The number of halogens is 1. The second kappa shape index (κ2) is 6.71. The van der Waals surface area contributed by atoms with E-state index in [9.17, 15) is 0 Å². The maximum Gasteiger partial charge on any atom is 0.0216 e. The molecule has 0 bridgehead atoms. The number of aryl methyl sites for hydroxylation is 1. The summed E-state index contributed by atoms with van der Waals surface area (Å²) in [5.41, 5.74) is 2.79. The molecule has 1 saturated carbocycles. The quantitative estimate of drug-likeness (QED) is 0.587. The van der Waals surface area contributed by atoms with Gasteiger partial charge in [-0.25, -0.2) is 0 Å². The van der Waals surface area contributed by atoms with E-state index in [0.29, 0.717) is 0 Å². The zero-order chi connectivity index (χ0) is 12.1. The molecule has 0 radical (unpaired) electrons. The fourth-order valence-corrected chi connectivity index (χ4v) is 2.43. The second-order valence-electron chi connectivity index (χ2n) is 4.81. The molecule has 0 saturated heterocycles. The van der Waals surface area contributed by atoms with Crippen molar-refractivity contribution in [3.05, 3.63) is 32.9 Å². The SMILES string of the molecule is Cc1cccc(CNCCCNC2CC2)c1I. The predicted octanol–water partition coefficient (Wildman–Crippen LogP) is 2.83. The Bertz CT molecular complexity index is 361. The summed E-state index contributed by atoms with van der Waals surface area (Å²) in [6, 6.07) is 7.37. The molecule has 1 aromatic rings. The van der Waals surface area contributed by atoms with Gasteiger partial charge >= 0.3 is 0 Å². The Balaban J connectivity index is 1.61. The van der Waals surface area contributed by atoms with Gasteiger partial charge in [0.15, 0.2) is 0 Å². The Kier molecular flexibility index (Phi) is 5.25. The number of hydrogen-bond acceptors (Lipinski definition) is 2. The van der Waals surface area contributed by atoms with E-state index in [4.69, 9.17) is 0 Å². The van der Waals surface area contributed by atoms with Gasteiger partial charge in [0, 0.05) is 16.2 Å². The van der Waals surface area contributed by atoms with Gasteiger partial charge in [0.1, 0.15) is 0 Å². The maximum absolute atomic E-state index is 3.53. The molecule has 2 nitrogen and oxygen atoms in total. The zero-order valence-corrected chi connectivity index (χ0v) is 12.6. The van der Waals surface area contributed by atoms with Crippen LogP contribution in [0.4, 0.5) is 0 Å². The molecule has 17 heavy (non-hydrogen) atoms. The summed E-state index contributed by atoms with van der Waals surface area (Å²) in [7, 11) is 0. The predicted molar refractivity (Wildman–Crippen MR) is 81.2 cm³/mol. The molecule has 94 valence electrons. The molecule has 2 rings (SSSR count). The van der Waals surface area contributed by atoms with Crippen molar-refractivity contribution in [1.82, 2.24) is 10.6 Å². The lowest BCUT2D eigenvalue weighted by Crippen LogP contribution is -2.23. The van der Waals surface area contributed by atoms with E-state index in [1.165, 1.54) is 34.0 Å². The summed E-state index contributed by atoms with van der Waals surface area (Å²) in [6.07, 6.45) is 3.99. The number of hydrogen-bond donors (Lipinski definition) is 2. The highest BCUT2D eigenvalue weighted by Gasteiger charge is 2.19. The van der Waals surface area contributed by atoms with Gasteiger partial charge in [0.05, 0.1) is 0 Å². The first-order valence-electron chi connectivity index (χ1n) is 6.45. The van der Waals surface area contributed by atoms with Gasteiger partial charge in [0.25, 0.3) is 0 Å². The highest BCUT2D eigenvalue weighted by Crippen LogP contribution is 2.18. The van der Waals surface area contributed by atoms with E-state index >= 15 is 0 Å². The fourth-order valence-electron chi connectivity index (χ4n) is 1.87. The summed E-state index contributed by atoms with van der Waals surface area (Å²) in [5.74, 6) is 0. The van der Waals surface area contributed by atoms with E-state index in [1.807, 2.05) is 0 Å².